The summed E-state index contributed by atoms with van der Waals surface area (Å²) in [5.74, 6) is 0.299. The van der Waals surface area contributed by atoms with E-state index in [4.69, 9.17) is 0 Å². The highest BCUT2D eigenvalue weighted by Crippen LogP contribution is 2.22. The van der Waals surface area contributed by atoms with Gasteiger partial charge < -0.3 is 4.90 Å². The lowest BCUT2D eigenvalue weighted by Crippen LogP contribution is -2.49. The van der Waals surface area contributed by atoms with Crippen molar-refractivity contribution in [1.29, 1.82) is 0 Å². The number of rotatable bonds is 4. The van der Waals surface area contributed by atoms with Gasteiger partial charge in [0, 0.05) is 25.7 Å². The van der Waals surface area contributed by atoms with Crippen molar-refractivity contribution in [2.24, 2.45) is 0 Å². The van der Waals surface area contributed by atoms with Crippen molar-refractivity contribution in [3.05, 3.63) is 35.9 Å². The number of nitrogens with zero attached hydrogens (tertiary/aromatic N) is 3. The Kier molecular flexibility index (Phi) is 5.34. The van der Waals surface area contributed by atoms with Crippen LogP contribution < -0.4 is 0 Å². The molecule has 4 heteroatoms. The first kappa shape index (κ1) is 16.5. The third-order valence-electron chi connectivity index (χ3n) is 5.30. The highest BCUT2D eigenvalue weighted by atomic mass is 16.2. The molecule has 0 aliphatic carbocycles. The molecule has 1 aromatic rings. The van der Waals surface area contributed by atoms with Gasteiger partial charge in [-0.1, -0.05) is 30.3 Å². The van der Waals surface area contributed by atoms with Gasteiger partial charge in [-0.15, -0.1) is 0 Å². The maximum Gasteiger partial charge on any atom is 0.240 e. The number of amides is 1. The van der Waals surface area contributed by atoms with E-state index < -0.39 is 0 Å². The van der Waals surface area contributed by atoms with E-state index in [0.717, 1.165) is 32.5 Å². The average Bonchev–Trinajstić information content (AvgIpc) is 2.89. The predicted molar refractivity (Wildman–Crippen MR) is 93.4 cm³/mol. The van der Waals surface area contributed by atoms with Crippen LogP contribution in [0.15, 0.2) is 30.3 Å². The van der Waals surface area contributed by atoms with E-state index in [9.17, 15) is 4.79 Å². The van der Waals surface area contributed by atoms with Crippen molar-refractivity contribution in [1.82, 2.24) is 14.7 Å². The van der Waals surface area contributed by atoms with Crippen molar-refractivity contribution in [2.75, 3.05) is 40.3 Å². The van der Waals surface area contributed by atoms with Gasteiger partial charge >= 0.3 is 0 Å². The molecule has 0 radical (unpaired) electrons. The molecular formula is C19H29N3O. The van der Waals surface area contributed by atoms with E-state index in [0.29, 0.717) is 11.9 Å². The summed E-state index contributed by atoms with van der Waals surface area (Å²) in [4.78, 5) is 19.9. The molecule has 0 unspecified atom stereocenters. The summed E-state index contributed by atoms with van der Waals surface area (Å²) >= 11 is 0. The first-order valence-corrected chi connectivity index (χ1v) is 8.88. The predicted octanol–water partition coefficient (Wildman–Crippen LogP) is 1.86. The maximum atomic E-state index is 13.2. The highest BCUT2D eigenvalue weighted by molar-refractivity contribution is 5.82. The second-order valence-electron chi connectivity index (χ2n) is 7.14. The molecule has 2 aliphatic rings. The zero-order valence-corrected chi connectivity index (χ0v) is 14.4. The minimum atomic E-state index is -0.0645. The Bertz CT molecular complexity index is 517. The average molecular weight is 315 g/mol. The van der Waals surface area contributed by atoms with Crippen LogP contribution in [-0.2, 0) is 11.2 Å². The molecule has 0 aromatic heterocycles. The van der Waals surface area contributed by atoms with Gasteiger partial charge in [0.1, 0.15) is 0 Å². The molecule has 2 atom stereocenters. The molecule has 126 valence electrons. The monoisotopic (exact) mass is 315 g/mol. The lowest BCUT2D eigenvalue weighted by atomic mass is 10.0. The second kappa shape index (κ2) is 7.45. The van der Waals surface area contributed by atoms with Crippen molar-refractivity contribution in [3.8, 4) is 0 Å². The fourth-order valence-corrected chi connectivity index (χ4v) is 3.95. The van der Waals surface area contributed by atoms with Gasteiger partial charge in [0.25, 0.3) is 0 Å². The molecule has 4 nitrogen and oxygen atoms in total. The summed E-state index contributed by atoms with van der Waals surface area (Å²) in [5, 5.41) is 0. The summed E-state index contributed by atoms with van der Waals surface area (Å²) in [6, 6.07) is 10.9. The SMILES string of the molecule is CN(C)[C@H](Cc1ccccc1)C(=O)N1CCCN2CCC[C@H]2C1. The first-order chi connectivity index (χ1) is 11.1. The van der Waals surface area contributed by atoms with Crippen LogP contribution in [-0.4, -0.2) is 73.0 Å². The van der Waals surface area contributed by atoms with Crippen LogP contribution in [0.25, 0.3) is 0 Å². The number of hydrogen-bond donors (Lipinski definition) is 0. The summed E-state index contributed by atoms with van der Waals surface area (Å²) in [7, 11) is 4.04. The van der Waals surface area contributed by atoms with Gasteiger partial charge in [-0.3, -0.25) is 14.6 Å². The minimum Gasteiger partial charge on any atom is -0.340 e. The summed E-state index contributed by atoms with van der Waals surface area (Å²) in [5.41, 5.74) is 1.23. The van der Waals surface area contributed by atoms with Crippen LogP contribution >= 0.6 is 0 Å². The van der Waals surface area contributed by atoms with Crippen molar-refractivity contribution in [2.45, 2.75) is 37.8 Å². The number of hydrogen-bond acceptors (Lipinski definition) is 3. The third-order valence-corrected chi connectivity index (χ3v) is 5.30. The van der Waals surface area contributed by atoms with E-state index in [-0.39, 0.29) is 6.04 Å². The Morgan fingerprint density at radius 1 is 1.17 bits per heavy atom. The number of carbonyl (C=O) groups excluding carboxylic acids is 1. The molecule has 1 aromatic carbocycles. The van der Waals surface area contributed by atoms with Gasteiger partial charge in [-0.25, -0.2) is 0 Å². The standard InChI is InChI=1S/C19H29N3O/c1-20(2)18(14-16-8-4-3-5-9-16)19(23)22-13-7-12-21-11-6-10-17(21)15-22/h3-5,8-9,17-18H,6-7,10-15H2,1-2H3/t17-,18+/m0/s1. The highest BCUT2D eigenvalue weighted by Gasteiger charge is 2.33. The van der Waals surface area contributed by atoms with Crippen LogP contribution in [0.4, 0.5) is 0 Å². The number of benzene rings is 1. The largest absolute Gasteiger partial charge is 0.340 e. The molecular weight excluding hydrogens is 286 g/mol. The topological polar surface area (TPSA) is 26.8 Å². The zero-order valence-electron chi connectivity index (χ0n) is 14.4. The Morgan fingerprint density at radius 3 is 2.65 bits per heavy atom. The smallest absolute Gasteiger partial charge is 0.240 e. The molecule has 2 fully saturated rings. The number of fused-ring (bicyclic) bond motifs is 1. The van der Waals surface area contributed by atoms with Gasteiger partial charge in [0.15, 0.2) is 0 Å². The summed E-state index contributed by atoms with van der Waals surface area (Å²) in [6.07, 6.45) is 4.42. The molecule has 2 aliphatic heterocycles. The van der Waals surface area contributed by atoms with Crippen LogP contribution in [0.3, 0.4) is 0 Å². The fraction of sp³-hybridized carbons (Fsp3) is 0.632. The van der Waals surface area contributed by atoms with Crippen LogP contribution in [0.2, 0.25) is 0 Å². The van der Waals surface area contributed by atoms with Gasteiger partial charge in [-0.05, 0) is 51.9 Å². The van der Waals surface area contributed by atoms with E-state index in [2.05, 4.69) is 39.0 Å². The summed E-state index contributed by atoms with van der Waals surface area (Å²) in [6.45, 7) is 4.19. The first-order valence-electron chi connectivity index (χ1n) is 8.88. The van der Waals surface area contributed by atoms with E-state index >= 15 is 0 Å². The lowest BCUT2D eigenvalue weighted by molar-refractivity contribution is -0.136. The Balaban J connectivity index is 1.70. The molecule has 2 saturated heterocycles. The molecule has 0 saturated carbocycles. The van der Waals surface area contributed by atoms with Crippen LogP contribution in [0.1, 0.15) is 24.8 Å². The van der Waals surface area contributed by atoms with E-state index in [1.54, 1.807) is 0 Å². The quantitative estimate of drug-likeness (QED) is 0.848. The Morgan fingerprint density at radius 2 is 1.91 bits per heavy atom. The zero-order chi connectivity index (χ0) is 16.2. The normalized spacial score (nSPS) is 23.6. The maximum absolute atomic E-state index is 13.2. The van der Waals surface area contributed by atoms with Gasteiger partial charge in [-0.2, -0.15) is 0 Å². The van der Waals surface area contributed by atoms with Gasteiger partial charge in [0.05, 0.1) is 6.04 Å². The van der Waals surface area contributed by atoms with Crippen molar-refractivity contribution < 1.29 is 4.79 Å². The van der Waals surface area contributed by atoms with Crippen molar-refractivity contribution in [3.63, 3.8) is 0 Å². The van der Waals surface area contributed by atoms with Gasteiger partial charge in [0.2, 0.25) is 5.91 Å². The van der Waals surface area contributed by atoms with Crippen LogP contribution in [0.5, 0.6) is 0 Å². The molecule has 3 rings (SSSR count). The molecule has 0 spiro atoms. The third kappa shape index (κ3) is 3.93. The second-order valence-corrected chi connectivity index (χ2v) is 7.14. The molecule has 1 amide bonds. The van der Waals surface area contributed by atoms with E-state index in [1.807, 2.05) is 20.2 Å². The van der Waals surface area contributed by atoms with Crippen molar-refractivity contribution >= 4 is 5.91 Å². The van der Waals surface area contributed by atoms with Crippen LogP contribution in [0, 0.1) is 0 Å². The summed E-state index contributed by atoms with van der Waals surface area (Å²) < 4.78 is 0. The Labute approximate surface area is 140 Å². The fourth-order valence-electron chi connectivity index (χ4n) is 3.95. The molecule has 0 bridgehead atoms. The molecule has 2 heterocycles. The molecule has 0 N–H and O–H groups in total. The number of likely N-dealkylation sites (N-methyl/N-ethyl adjacent to an activating group) is 1. The number of carbonyl (C=O) groups is 1. The lowest BCUT2D eigenvalue weighted by Gasteiger charge is -2.32. The molecule has 23 heavy (non-hydrogen) atoms. The minimum absolute atomic E-state index is 0.0645. The Hall–Kier alpha value is -1.39. The van der Waals surface area contributed by atoms with E-state index in [1.165, 1.54) is 24.9 Å².